The maximum Gasteiger partial charge on any atom is 0.124 e. The maximum absolute atomic E-state index is 5.87. The van der Waals surface area contributed by atoms with Crippen LogP contribution in [0, 0.1) is 0 Å². The van der Waals surface area contributed by atoms with Crippen LogP contribution in [-0.4, -0.2) is 6.61 Å². The molecule has 0 spiro atoms. The molecule has 0 amide bonds. The highest BCUT2D eigenvalue weighted by molar-refractivity contribution is 6.30. The van der Waals surface area contributed by atoms with Gasteiger partial charge in [-0.1, -0.05) is 29.8 Å². The minimum atomic E-state index is -0.137. The number of benzene rings is 1. The number of ether oxygens (including phenoxy) is 1. The van der Waals surface area contributed by atoms with Crippen LogP contribution in [0.1, 0.15) is 18.5 Å². The first-order valence-electron chi connectivity index (χ1n) is 4.52. The van der Waals surface area contributed by atoms with Crippen LogP contribution in [0.3, 0.4) is 0 Å². The molecule has 0 saturated carbocycles. The lowest BCUT2D eigenvalue weighted by molar-refractivity contribution is 0.353. The van der Waals surface area contributed by atoms with Gasteiger partial charge in [-0.3, -0.25) is 0 Å². The average Bonchev–Trinajstić information content (AvgIpc) is 2.15. The van der Waals surface area contributed by atoms with Crippen molar-refractivity contribution in [2.75, 3.05) is 6.61 Å². The Labute approximate surface area is 99.6 Å². The Bertz CT molecular complexity index is 364. The molecule has 15 heavy (non-hydrogen) atoms. The first-order valence-corrected chi connectivity index (χ1v) is 5.27. The van der Waals surface area contributed by atoms with Crippen molar-refractivity contribution in [3.63, 3.8) is 0 Å². The Balaban J connectivity index is 2.90. The van der Waals surface area contributed by atoms with E-state index < -0.39 is 0 Å². The Morgan fingerprint density at radius 1 is 1.60 bits per heavy atom. The molecule has 82 valence electrons. The SMILES string of the molecule is C=C(Cl)COc1ccc(Cl)cc1[C@H](C)N. The maximum atomic E-state index is 5.87. The fourth-order valence-corrected chi connectivity index (χ4v) is 1.40. The van der Waals surface area contributed by atoms with Crippen molar-refractivity contribution in [3.05, 3.63) is 40.4 Å². The lowest BCUT2D eigenvalue weighted by Gasteiger charge is -2.13. The predicted molar refractivity (Wildman–Crippen MR) is 64.5 cm³/mol. The molecule has 0 aliphatic heterocycles. The van der Waals surface area contributed by atoms with Crippen LogP contribution in [0.4, 0.5) is 0 Å². The average molecular weight is 246 g/mol. The van der Waals surface area contributed by atoms with E-state index in [0.717, 1.165) is 5.56 Å². The molecule has 1 rings (SSSR count). The predicted octanol–water partition coefficient (Wildman–Crippen LogP) is 3.49. The fraction of sp³-hybridized carbons (Fsp3) is 0.273. The minimum Gasteiger partial charge on any atom is -0.488 e. The first-order chi connectivity index (χ1) is 7.00. The van der Waals surface area contributed by atoms with E-state index in [1.807, 2.05) is 6.92 Å². The third-order valence-corrected chi connectivity index (χ3v) is 2.19. The summed E-state index contributed by atoms with van der Waals surface area (Å²) in [4.78, 5) is 0. The van der Waals surface area contributed by atoms with Crippen molar-refractivity contribution in [2.45, 2.75) is 13.0 Å². The van der Waals surface area contributed by atoms with Crippen molar-refractivity contribution in [1.29, 1.82) is 0 Å². The number of hydrogen-bond donors (Lipinski definition) is 1. The summed E-state index contributed by atoms with van der Waals surface area (Å²) in [6, 6.07) is 5.18. The first kappa shape index (κ1) is 12.4. The standard InChI is InChI=1S/C11H13Cl2NO/c1-7(12)6-15-11-4-3-9(13)5-10(11)8(2)14/h3-5,8H,1,6,14H2,2H3/t8-/m0/s1. The zero-order valence-corrected chi connectivity index (χ0v) is 9.98. The summed E-state index contributed by atoms with van der Waals surface area (Å²) < 4.78 is 5.44. The summed E-state index contributed by atoms with van der Waals surface area (Å²) in [5.74, 6) is 0.691. The normalized spacial score (nSPS) is 12.3. The number of nitrogens with two attached hydrogens (primary N) is 1. The second-order valence-corrected chi connectivity index (χ2v) is 4.25. The summed E-state index contributed by atoms with van der Waals surface area (Å²) in [7, 11) is 0. The Morgan fingerprint density at radius 2 is 2.27 bits per heavy atom. The van der Waals surface area contributed by atoms with Crippen LogP contribution in [0.15, 0.2) is 29.8 Å². The number of halogens is 2. The second kappa shape index (κ2) is 5.40. The van der Waals surface area contributed by atoms with E-state index >= 15 is 0 Å². The highest BCUT2D eigenvalue weighted by atomic mass is 35.5. The second-order valence-electron chi connectivity index (χ2n) is 3.28. The molecular weight excluding hydrogens is 233 g/mol. The molecule has 1 aromatic rings. The van der Waals surface area contributed by atoms with Crippen LogP contribution in [0.25, 0.3) is 0 Å². The summed E-state index contributed by atoms with van der Waals surface area (Å²) in [5.41, 5.74) is 6.66. The fourth-order valence-electron chi connectivity index (χ4n) is 1.16. The molecule has 0 aliphatic carbocycles. The van der Waals surface area contributed by atoms with E-state index in [9.17, 15) is 0 Å². The molecule has 0 radical (unpaired) electrons. The third kappa shape index (κ3) is 3.74. The van der Waals surface area contributed by atoms with E-state index in [2.05, 4.69) is 6.58 Å². The highest BCUT2D eigenvalue weighted by Gasteiger charge is 2.08. The Hall–Kier alpha value is -0.700. The van der Waals surface area contributed by atoms with Crippen LogP contribution < -0.4 is 10.5 Å². The largest absolute Gasteiger partial charge is 0.488 e. The molecule has 0 saturated heterocycles. The van der Waals surface area contributed by atoms with Crippen LogP contribution >= 0.6 is 23.2 Å². The zero-order chi connectivity index (χ0) is 11.4. The lowest BCUT2D eigenvalue weighted by Crippen LogP contribution is -2.08. The van der Waals surface area contributed by atoms with E-state index in [1.165, 1.54) is 0 Å². The smallest absolute Gasteiger partial charge is 0.124 e. The van der Waals surface area contributed by atoms with E-state index in [-0.39, 0.29) is 12.6 Å². The van der Waals surface area contributed by atoms with Crippen LogP contribution in [0.2, 0.25) is 5.02 Å². The number of rotatable bonds is 4. The lowest BCUT2D eigenvalue weighted by atomic mass is 10.1. The van der Waals surface area contributed by atoms with Gasteiger partial charge in [0.2, 0.25) is 0 Å². The summed E-state index contributed by atoms with van der Waals surface area (Å²) in [6.07, 6.45) is 0. The molecule has 0 fully saturated rings. The monoisotopic (exact) mass is 245 g/mol. The van der Waals surface area contributed by atoms with Gasteiger partial charge in [0, 0.05) is 21.7 Å². The van der Waals surface area contributed by atoms with Gasteiger partial charge in [-0.2, -0.15) is 0 Å². The quantitative estimate of drug-likeness (QED) is 0.882. The van der Waals surface area contributed by atoms with E-state index in [1.54, 1.807) is 18.2 Å². The molecule has 2 N–H and O–H groups in total. The molecule has 0 heterocycles. The molecule has 1 aromatic carbocycles. The zero-order valence-electron chi connectivity index (χ0n) is 8.47. The van der Waals surface area contributed by atoms with Gasteiger partial charge < -0.3 is 10.5 Å². The summed E-state index contributed by atoms with van der Waals surface area (Å²) >= 11 is 11.5. The highest BCUT2D eigenvalue weighted by Crippen LogP contribution is 2.27. The van der Waals surface area contributed by atoms with Crippen LogP contribution in [-0.2, 0) is 0 Å². The molecule has 0 aliphatic rings. The van der Waals surface area contributed by atoms with Gasteiger partial charge in [0.15, 0.2) is 0 Å². The molecule has 0 aromatic heterocycles. The van der Waals surface area contributed by atoms with E-state index in [0.29, 0.717) is 15.8 Å². The third-order valence-electron chi connectivity index (χ3n) is 1.85. The van der Waals surface area contributed by atoms with Crippen molar-refractivity contribution in [3.8, 4) is 5.75 Å². The Morgan fingerprint density at radius 3 is 2.80 bits per heavy atom. The summed E-state index contributed by atoms with van der Waals surface area (Å²) in [6.45, 7) is 5.68. The molecule has 0 bridgehead atoms. The molecular formula is C11H13Cl2NO. The molecule has 0 unspecified atom stereocenters. The summed E-state index contributed by atoms with van der Waals surface area (Å²) in [5, 5.41) is 1.08. The molecule has 1 atom stereocenters. The number of hydrogen-bond acceptors (Lipinski definition) is 2. The van der Waals surface area contributed by atoms with E-state index in [4.69, 9.17) is 33.7 Å². The van der Waals surface area contributed by atoms with Gasteiger partial charge in [-0.05, 0) is 25.1 Å². The molecule has 2 nitrogen and oxygen atoms in total. The van der Waals surface area contributed by atoms with Crippen molar-refractivity contribution in [2.24, 2.45) is 5.73 Å². The molecule has 4 heteroatoms. The topological polar surface area (TPSA) is 35.2 Å². The Kier molecular flexibility index (Phi) is 4.45. The van der Waals surface area contributed by atoms with Crippen molar-refractivity contribution < 1.29 is 4.74 Å². The van der Waals surface area contributed by atoms with Gasteiger partial charge in [0.25, 0.3) is 0 Å². The minimum absolute atomic E-state index is 0.137. The van der Waals surface area contributed by atoms with Gasteiger partial charge in [-0.15, -0.1) is 0 Å². The van der Waals surface area contributed by atoms with Gasteiger partial charge in [0.1, 0.15) is 12.4 Å². The van der Waals surface area contributed by atoms with Gasteiger partial charge in [-0.25, -0.2) is 0 Å². The van der Waals surface area contributed by atoms with Gasteiger partial charge in [0.05, 0.1) is 0 Å². The van der Waals surface area contributed by atoms with Crippen molar-refractivity contribution >= 4 is 23.2 Å². The van der Waals surface area contributed by atoms with Gasteiger partial charge >= 0.3 is 0 Å². The van der Waals surface area contributed by atoms with Crippen LogP contribution in [0.5, 0.6) is 5.75 Å². The van der Waals surface area contributed by atoms with Crippen molar-refractivity contribution in [1.82, 2.24) is 0 Å².